The maximum absolute atomic E-state index is 16.0. The molecule has 1 unspecified atom stereocenters. The molecular weight excluding hydrogens is 470 g/mol. The Labute approximate surface area is 190 Å². The Morgan fingerprint density at radius 3 is 3.00 bits per heavy atom. The summed E-state index contributed by atoms with van der Waals surface area (Å²) in [6.07, 6.45) is -7.19. The topological polar surface area (TPSA) is 141 Å². The van der Waals surface area contributed by atoms with Gasteiger partial charge in [0.05, 0.1) is 17.8 Å². The van der Waals surface area contributed by atoms with E-state index in [-0.39, 0.29) is 23.7 Å². The number of aromatic nitrogens is 2. The number of benzene rings is 1. The highest BCUT2D eigenvalue weighted by molar-refractivity contribution is 7.71. The van der Waals surface area contributed by atoms with E-state index >= 15 is 4.39 Å². The lowest BCUT2D eigenvalue weighted by Gasteiger charge is -2.29. The number of ether oxygens (including phenoxy) is 2. The van der Waals surface area contributed by atoms with Crippen molar-refractivity contribution >= 4 is 20.0 Å². The van der Waals surface area contributed by atoms with Gasteiger partial charge in [-0.25, -0.2) is 8.96 Å². The number of aliphatic hydroxyl groups is 2. The normalized spacial score (nSPS) is 35.8. The zero-order chi connectivity index (χ0) is 26.0. The molecule has 1 aromatic heterocycles. The van der Waals surface area contributed by atoms with Crippen molar-refractivity contribution in [3.63, 3.8) is 0 Å². The van der Waals surface area contributed by atoms with Gasteiger partial charge in [-0.3, -0.25) is 23.4 Å². The number of phosphoric acid groups is 1. The molecule has 11 nitrogen and oxygen atoms in total. The van der Waals surface area contributed by atoms with E-state index in [4.69, 9.17) is 39.4 Å². The van der Waals surface area contributed by atoms with Crippen molar-refractivity contribution in [2.24, 2.45) is 0 Å². The highest BCUT2D eigenvalue weighted by Crippen LogP contribution is 2.57. The van der Waals surface area contributed by atoms with Gasteiger partial charge in [0, 0.05) is 17.3 Å². The molecule has 0 saturated carbocycles. The zero-order valence-corrected chi connectivity index (χ0v) is 18.3. The zero-order valence-electron chi connectivity index (χ0n) is 19.6. The summed E-state index contributed by atoms with van der Waals surface area (Å²) in [6, 6.07) is 4.61. The van der Waals surface area contributed by atoms with Gasteiger partial charge < -0.3 is 24.2 Å². The fraction of sp³-hybridized carbons (Fsp3) is 0.444. The van der Waals surface area contributed by atoms with E-state index in [0.717, 1.165) is 6.20 Å². The van der Waals surface area contributed by atoms with Gasteiger partial charge in [-0.2, -0.15) is 0 Å². The molecule has 0 bridgehead atoms. The van der Waals surface area contributed by atoms with Crippen molar-refractivity contribution in [2.45, 2.75) is 37.8 Å². The molecule has 14 heteroatoms. The largest absolute Gasteiger partial charge is 0.530 e. The van der Waals surface area contributed by atoms with E-state index in [1.165, 1.54) is 20.1 Å². The highest BCUT2D eigenvalue weighted by atomic mass is 32.1. The Morgan fingerprint density at radius 2 is 2.28 bits per heavy atom. The minimum absolute atomic E-state index is 0.00723. The Kier molecular flexibility index (Phi) is 5.05. The third-order valence-electron chi connectivity index (χ3n) is 4.70. The fourth-order valence-electron chi connectivity index (χ4n) is 3.00. The molecule has 1 fully saturated rings. The number of halogens is 1. The first kappa shape index (κ1) is 19.4. The number of para-hydroxylation sites is 1. The quantitative estimate of drug-likeness (QED) is 0.418. The maximum Gasteiger partial charge on any atom is 0.530 e. The van der Waals surface area contributed by atoms with Gasteiger partial charge in [0.1, 0.15) is 18.8 Å². The van der Waals surface area contributed by atoms with Crippen LogP contribution >= 0.6 is 20.0 Å². The van der Waals surface area contributed by atoms with Crippen LogP contribution in [0.4, 0.5) is 4.39 Å². The molecule has 2 aliphatic heterocycles. The molecule has 0 aliphatic carbocycles. The molecule has 174 valence electrons. The summed E-state index contributed by atoms with van der Waals surface area (Å²) < 4.78 is 78.8. The highest BCUT2D eigenvalue weighted by Gasteiger charge is 2.57. The Bertz CT molecular complexity index is 1330. The monoisotopic (exact) mass is 493 g/mol. The molecule has 2 aromatic rings. The standard InChI is InChI=1S/C18H20FN2O9PS/c1-9-6-21(17(32)20-15(9)24)16-12(22)14(23)18(19,29-16)8-28-31(25)27-7-10-4-3-5-11(26-2)13(10)30-31/h3-6,12,14,16,22-23H,7-8H2,1-2H3,(H,20,24,32)/t12-,14+,16-,18-,31?/m1/s1/i8D2,16D. The van der Waals surface area contributed by atoms with Crippen molar-refractivity contribution in [3.05, 3.63) is 50.6 Å². The predicted molar refractivity (Wildman–Crippen MR) is 109 cm³/mol. The molecule has 3 N–H and O–H groups in total. The minimum atomic E-state index is -4.89. The SMILES string of the molecule is [2H]C([2H])(OP1(=O)OCc2cccc(OC)c2O1)[C@@]1(F)O[C@@]([2H])(n2cc(C)c(=O)[nH]c2=S)[C@H](O)[C@@H]1O. The van der Waals surface area contributed by atoms with Gasteiger partial charge in [-0.15, -0.1) is 0 Å². The molecule has 0 amide bonds. The van der Waals surface area contributed by atoms with E-state index in [2.05, 4.69) is 4.98 Å². The lowest BCUT2D eigenvalue weighted by Crippen LogP contribution is -2.43. The van der Waals surface area contributed by atoms with Crippen molar-refractivity contribution in [1.82, 2.24) is 9.55 Å². The number of nitrogens with one attached hydrogen (secondary N) is 1. The fourth-order valence-corrected chi connectivity index (χ4v) is 4.35. The Balaban J connectivity index is 1.69. The first-order chi connectivity index (χ1) is 16.2. The summed E-state index contributed by atoms with van der Waals surface area (Å²) in [6.45, 7) is -2.87. The van der Waals surface area contributed by atoms with Crippen molar-refractivity contribution in [1.29, 1.82) is 0 Å². The van der Waals surface area contributed by atoms with Gasteiger partial charge in [0.2, 0.25) is 0 Å². The van der Waals surface area contributed by atoms with Gasteiger partial charge >= 0.3 is 7.82 Å². The maximum atomic E-state index is 16.0. The number of aliphatic hydroxyl groups excluding tert-OH is 2. The lowest BCUT2D eigenvalue weighted by atomic mass is 10.1. The summed E-state index contributed by atoms with van der Waals surface area (Å²) in [4.78, 5) is 14.0. The van der Waals surface area contributed by atoms with Crippen molar-refractivity contribution in [2.75, 3.05) is 13.7 Å². The van der Waals surface area contributed by atoms with E-state index in [0.29, 0.717) is 10.1 Å². The number of hydrogen-bond acceptors (Lipinski definition) is 10. The van der Waals surface area contributed by atoms with Crippen molar-refractivity contribution in [3.8, 4) is 11.5 Å². The number of nitrogens with zero attached hydrogens (tertiary/aromatic N) is 1. The van der Waals surface area contributed by atoms with Crippen LogP contribution in [0.5, 0.6) is 11.5 Å². The first-order valence-corrected chi connectivity index (χ1v) is 10.9. The van der Waals surface area contributed by atoms with Crippen LogP contribution in [0.2, 0.25) is 0 Å². The minimum Gasteiger partial charge on any atom is -0.493 e. The predicted octanol–water partition coefficient (Wildman–Crippen LogP) is 1.87. The number of H-pyrrole nitrogens is 1. The second-order valence-corrected chi connectivity index (χ2v) is 8.77. The van der Waals surface area contributed by atoms with Gasteiger partial charge in [-0.05, 0) is 25.2 Å². The third-order valence-corrected chi connectivity index (χ3v) is 6.17. The van der Waals surface area contributed by atoms with Crippen LogP contribution in [0.25, 0.3) is 0 Å². The smallest absolute Gasteiger partial charge is 0.493 e. The van der Waals surface area contributed by atoms with Crippen LogP contribution in [0.3, 0.4) is 0 Å². The number of hydrogen-bond donors (Lipinski definition) is 3. The molecule has 1 aromatic carbocycles. The Morgan fingerprint density at radius 1 is 1.53 bits per heavy atom. The van der Waals surface area contributed by atoms with Crippen LogP contribution in [0, 0.1) is 11.7 Å². The number of aryl methyl sites for hydroxylation is 1. The average Bonchev–Trinajstić information content (AvgIpc) is 2.97. The summed E-state index contributed by atoms with van der Waals surface area (Å²) in [5.74, 6) is -3.96. The summed E-state index contributed by atoms with van der Waals surface area (Å²) in [5, 5.41) is 20.9. The van der Waals surface area contributed by atoms with Gasteiger partial charge in [0.25, 0.3) is 11.4 Å². The first-order valence-electron chi connectivity index (χ1n) is 10.6. The van der Waals surface area contributed by atoms with Gasteiger partial charge in [0.15, 0.2) is 22.5 Å². The van der Waals surface area contributed by atoms with Crippen LogP contribution in [0.1, 0.15) is 21.4 Å². The molecule has 2 aliphatic rings. The second kappa shape index (κ2) is 8.34. The number of phosphoric ester groups is 1. The molecule has 0 spiro atoms. The van der Waals surface area contributed by atoms with Crippen LogP contribution in [-0.4, -0.2) is 51.5 Å². The number of aromatic amines is 1. The number of methoxy groups -OCH3 is 1. The molecular formula is C18H20FN2O9PS. The van der Waals surface area contributed by atoms with E-state index in [9.17, 15) is 19.6 Å². The third kappa shape index (κ3) is 4.01. The molecule has 32 heavy (non-hydrogen) atoms. The number of fused-ring (bicyclic) bond motifs is 1. The second-order valence-electron chi connectivity index (χ2n) is 6.87. The molecule has 1 saturated heterocycles. The van der Waals surface area contributed by atoms with E-state index in [1.807, 2.05) is 0 Å². The van der Waals surface area contributed by atoms with Crippen LogP contribution < -0.4 is 14.8 Å². The molecule has 4 rings (SSSR count). The molecule has 5 atom stereocenters. The Hall–Kier alpha value is -2.12. The van der Waals surface area contributed by atoms with Crippen molar-refractivity contribution < 1.29 is 46.3 Å². The number of rotatable bonds is 5. The number of alkyl halides is 1. The summed E-state index contributed by atoms with van der Waals surface area (Å²) in [7, 11) is -3.59. The van der Waals surface area contributed by atoms with Crippen LogP contribution in [0.15, 0.2) is 29.2 Å². The van der Waals surface area contributed by atoms with Gasteiger partial charge in [-0.1, -0.05) is 12.1 Å². The van der Waals surface area contributed by atoms with E-state index < -0.39 is 49.0 Å². The summed E-state index contributed by atoms with van der Waals surface area (Å²) >= 11 is 4.95. The van der Waals surface area contributed by atoms with E-state index in [1.54, 1.807) is 12.1 Å². The average molecular weight is 493 g/mol. The molecule has 3 heterocycles. The summed E-state index contributed by atoms with van der Waals surface area (Å²) in [5.41, 5.74) is -0.254. The lowest BCUT2D eigenvalue weighted by molar-refractivity contribution is -0.205. The van der Waals surface area contributed by atoms with Crippen LogP contribution in [-0.2, 0) is 25.0 Å². The molecule has 0 radical (unpaired) electrons.